The maximum absolute atomic E-state index is 14.1. The van der Waals surface area contributed by atoms with Crippen LogP contribution in [0.25, 0.3) is 0 Å². The van der Waals surface area contributed by atoms with Crippen LogP contribution in [-0.2, 0) is 13.6 Å². The predicted octanol–water partition coefficient (Wildman–Crippen LogP) is 16.4. The molecule has 4 N–H and O–H groups in total. The Hall–Kier alpha value is -3.88. The zero-order valence-electron chi connectivity index (χ0n) is 42.2. The first-order chi connectivity index (χ1) is 40.5. The van der Waals surface area contributed by atoms with E-state index in [0.29, 0.717) is 13.1 Å². The largest absolute Gasteiger partial charge is 0.697 e. The number of quaternary nitrogens is 1. The second-order valence-electron chi connectivity index (χ2n) is 17.8. The lowest BCUT2D eigenvalue weighted by atomic mass is 9.82. The molecule has 95 heavy (non-hydrogen) atoms. The monoisotopic (exact) mass is 1580 g/mol. The minimum atomic E-state index is -10.3. The average molecular weight is 1580 g/mol. The fourth-order valence-corrected chi connectivity index (χ4v) is 6.42. The topological polar surface area (TPSA) is 92.6 Å². The molecule has 0 aliphatic heterocycles. The number of hydrogen-bond acceptors (Lipinski definition) is 5. The molecule has 0 bridgehead atoms. The summed E-state index contributed by atoms with van der Waals surface area (Å²) < 4.78 is 756. The first-order valence-corrected chi connectivity index (χ1v) is 22.6. The maximum atomic E-state index is 14.1. The van der Waals surface area contributed by atoms with E-state index in [1.54, 1.807) is 0 Å². The van der Waals surface area contributed by atoms with Crippen LogP contribution in [0.4, 0.5) is 237 Å². The molecule has 0 atom stereocenters. The van der Waals surface area contributed by atoms with Gasteiger partial charge in [0.25, 0.3) is 0 Å². The molecule has 0 fully saturated rings. The van der Waals surface area contributed by atoms with Crippen LogP contribution in [0, 0.1) is 0 Å². The summed E-state index contributed by atoms with van der Waals surface area (Å²) in [5, 5.41) is 18.2. The van der Waals surface area contributed by atoms with Crippen LogP contribution in [0.1, 0.15) is 12.8 Å². The van der Waals surface area contributed by atoms with Crippen molar-refractivity contribution in [2.75, 3.05) is 39.5 Å². The number of alkyl halides is 54. The van der Waals surface area contributed by atoms with Gasteiger partial charge in [-0.3, -0.25) is 0 Å². The van der Waals surface area contributed by atoms with E-state index in [4.69, 9.17) is 10.2 Å². The number of hydrogen-bond donors (Lipinski definition) is 3. The predicted molar refractivity (Wildman–Crippen MR) is 185 cm³/mol. The Morgan fingerprint density at radius 1 is 0.232 bits per heavy atom. The third-order valence-electron chi connectivity index (χ3n) is 11.5. The second-order valence-corrected chi connectivity index (χ2v) is 18.7. The van der Waals surface area contributed by atoms with E-state index in [1.165, 1.54) is 0 Å². The molecule has 0 radical (unpaired) electrons. The van der Waals surface area contributed by atoms with Crippen LogP contribution in [0.3, 0.4) is 0 Å². The molecule has 0 saturated carbocycles. The van der Waals surface area contributed by atoms with Crippen molar-refractivity contribution in [3.05, 3.63) is 0 Å². The lowest BCUT2D eigenvalue weighted by molar-refractivity contribution is -0.657. The van der Waals surface area contributed by atoms with Crippen molar-refractivity contribution in [3.8, 4) is 0 Å². The van der Waals surface area contributed by atoms with E-state index in [1.807, 2.05) is 5.32 Å². The summed E-state index contributed by atoms with van der Waals surface area (Å²) >= 11 is 0. The highest BCUT2D eigenvalue weighted by molar-refractivity contribution is 7.33. The van der Waals surface area contributed by atoms with E-state index in [0.717, 1.165) is 0 Å². The molecular weight excluding hydrogens is 1560 g/mol. The second kappa shape index (κ2) is 25.9. The van der Waals surface area contributed by atoms with Gasteiger partial charge in [0.05, 0.1) is 26.3 Å². The van der Waals surface area contributed by atoms with Crippen molar-refractivity contribution >= 4 is 8.25 Å². The van der Waals surface area contributed by atoms with Gasteiger partial charge < -0.3 is 15.5 Å². The van der Waals surface area contributed by atoms with Crippen molar-refractivity contribution in [1.29, 1.82) is 0 Å². The third kappa shape index (κ3) is 13.2. The smallest absolute Gasteiger partial charge is 0.391 e. The fraction of sp³-hybridized carbons (Fsp3) is 1.00. The van der Waals surface area contributed by atoms with Crippen LogP contribution in [-0.4, -0.2) is 204 Å². The summed E-state index contributed by atoms with van der Waals surface area (Å²) in [5.41, 5.74) is -19.0. The van der Waals surface area contributed by atoms with E-state index in [-0.39, 0.29) is 13.2 Å². The highest BCUT2D eigenvalue weighted by Crippen LogP contribution is 2.72. The van der Waals surface area contributed by atoms with Crippen LogP contribution in [0.2, 0.25) is 0 Å². The van der Waals surface area contributed by atoms with E-state index >= 15 is 0 Å². The summed E-state index contributed by atoms with van der Waals surface area (Å²) in [6.07, 6.45) is -44.1. The molecule has 0 aliphatic rings. The molecule has 0 aromatic carbocycles. The van der Waals surface area contributed by atoms with Gasteiger partial charge in [-0.25, -0.2) is 8.78 Å². The molecule has 6 nitrogen and oxygen atoms in total. The molecule has 0 aliphatic carbocycles. The molecule has 0 spiro atoms. The molecule has 61 heteroatoms. The molecule has 0 unspecified atom stereocenters. The Balaban J connectivity index is 0. The van der Waals surface area contributed by atoms with Crippen LogP contribution >= 0.6 is 8.25 Å². The van der Waals surface area contributed by atoms with Gasteiger partial charge in [0.2, 0.25) is 0 Å². The average Bonchev–Trinajstić information content (AvgIpc) is 0.689. The van der Waals surface area contributed by atoms with Crippen molar-refractivity contribution in [1.82, 2.24) is 0 Å². The first kappa shape index (κ1) is 93.2. The maximum Gasteiger partial charge on any atom is 0.697 e. The molecule has 0 heterocycles. The van der Waals surface area contributed by atoms with Crippen molar-refractivity contribution in [3.63, 3.8) is 0 Å². The van der Waals surface area contributed by atoms with Gasteiger partial charge in [-0.2, -0.15) is 228 Å². The minimum absolute atomic E-state index is 0.194. The highest BCUT2D eigenvalue weighted by atomic mass is 31.1. The highest BCUT2D eigenvalue weighted by Gasteiger charge is 3.04. The lowest BCUT2D eigenvalue weighted by Gasteiger charge is -2.46. The zero-order valence-corrected chi connectivity index (χ0v) is 43.1. The molecule has 0 rings (SSSR count). The Kier molecular flexibility index (Phi) is 25.4. The van der Waals surface area contributed by atoms with Crippen LogP contribution in [0.5, 0.6) is 0 Å². The van der Waals surface area contributed by atoms with Gasteiger partial charge >= 0.3 is 163 Å². The van der Waals surface area contributed by atoms with E-state index < -0.39 is 189 Å². The van der Waals surface area contributed by atoms with E-state index in [9.17, 15) is 242 Å². The SMILES string of the molecule is O=[P+](OCCC(F)(F)C(F)(F)C(F)(F)C(F)(F)C(F)(F)C(F)(F)C(F)(F)C(F)(F)C(F)(F)C(F)(F)C(F)(C(F)(F)F)C(F)(F)F)OCCC(F)(F)C(F)(F)C(F)(F)C(F)(F)C(F)(F)C(F)(F)C(F)(F)C(F)(F)C(F)(F)C(F)(F)C(F)(C(F)(F)F)C(F)(F)F.OCC[NH2+]CCO. The first-order valence-electron chi connectivity index (χ1n) is 21.5. The molecular formula is C34H20F54NO5P+2. The van der Waals surface area contributed by atoms with Gasteiger partial charge in [-0.1, -0.05) is 0 Å². The number of halogens is 54. The quantitative estimate of drug-likeness (QED) is 0.0355. The standard InChI is InChI=1S/C30H8F54O3P.C4H11NO2/c31-5(32,9(37,38)13(45,46)17(53,54)21(61,62)25(69,70)23(65,66)19(57,58)15(49,50)11(41,42)7(35,27(73,74)75)28(76,77)78)1-3-86-88(85)87-4-2-6(33,34)10(39,40)14(47,48)18(55,56)22(63,64)26(71,72)24(67,68)20(59,60)16(51,52)12(43,44)8(36,29(79,80)81)30(82,83)84;6-3-1-5-2-4-7/h1-4H2;5-7H,1-4H2/q+1;/p+1. The number of aliphatic hydroxyl groups is 2. The number of rotatable bonds is 32. The van der Waals surface area contributed by atoms with Gasteiger partial charge in [0.1, 0.15) is 13.2 Å². The molecule has 0 aromatic rings. The van der Waals surface area contributed by atoms with Gasteiger partial charge in [-0.05, 0) is 0 Å². The minimum Gasteiger partial charge on any atom is -0.391 e. The van der Waals surface area contributed by atoms with Gasteiger partial charge in [0.15, 0.2) is 0 Å². The summed E-state index contributed by atoms with van der Waals surface area (Å²) in [7, 11) is -5.40. The zero-order chi connectivity index (χ0) is 78.4. The van der Waals surface area contributed by atoms with Crippen molar-refractivity contribution in [2.24, 2.45) is 0 Å². The molecule has 572 valence electrons. The fourth-order valence-electron chi connectivity index (χ4n) is 5.86. The Morgan fingerprint density at radius 3 is 0.505 bits per heavy atom. The van der Waals surface area contributed by atoms with Crippen molar-refractivity contribution in [2.45, 2.75) is 167 Å². The summed E-state index contributed by atoms with van der Waals surface area (Å²) in [6.45, 7) is -4.95. The van der Waals surface area contributed by atoms with E-state index in [2.05, 4.69) is 9.05 Å². The van der Waals surface area contributed by atoms with Crippen molar-refractivity contribution < 1.29 is 266 Å². The molecule has 0 amide bonds. The third-order valence-corrected chi connectivity index (χ3v) is 12.3. The Morgan fingerprint density at radius 2 is 0.368 bits per heavy atom. The summed E-state index contributed by atoms with van der Waals surface area (Å²) in [6, 6.07) is 0. The number of aliphatic hydroxyl groups excluding tert-OH is 2. The Labute approximate surface area is 482 Å². The molecule has 0 saturated heterocycles. The van der Waals surface area contributed by atoms with Crippen LogP contribution in [0.15, 0.2) is 0 Å². The van der Waals surface area contributed by atoms with Crippen LogP contribution < -0.4 is 5.32 Å². The summed E-state index contributed by atoms with van der Waals surface area (Å²) in [5.74, 6) is -195. The van der Waals surface area contributed by atoms with Gasteiger partial charge in [0, 0.05) is 17.4 Å². The normalized spacial score (nSPS) is 16.5. The number of nitrogens with two attached hydrogens (primary N) is 1. The lowest BCUT2D eigenvalue weighted by Crippen LogP contribution is -2.85. The Bertz CT molecular complexity index is 2380. The van der Waals surface area contributed by atoms with Gasteiger partial charge in [-0.15, -0.1) is 9.05 Å². The molecule has 0 aromatic heterocycles. The summed E-state index contributed by atoms with van der Waals surface area (Å²) in [4.78, 5) is 0.